The molecule has 0 bridgehead atoms. The normalized spacial score (nSPS) is 28.7. The fourth-order valence-corrected chi connectivity index (χ4v) is 2.79. The molecular formula is C11H20N4O2. The topological polar surface area (TPSA) is 87.5 Å². The number of amides is 3. The van der Waals surface area contributed by atoms with Crippen LogP contribution in [0.2, 0.25) is 0 Å². The highest BCUT2D eigenvalue weighted by molar-refractivity contribution is 5.93. The number of carbonyl (C=O) groups is 2. The monoisotopic (exact) mass is 240 g/mol. The van der Waals surface area contributed by atoms with Gasteiger partial charge in [0.15, 0.2) is 0 Å². The van der Waals surface area contributed by atoms with Gasteiger partial charge in [0.1, 0.15) is 0 Å². The van der Waals surface area contributed by atoms with E-state index in [4.69, 9.17) is 5.73 Å². The molecule has 2 heterocycles. The number of piperidine rings is 1. The van der Waals surface area contributed by atoms with E-state index in [1.54, 1.807) is 0 Å². The maximum atomic E-state index is 11.3. The van der Waals surface area contributed by atoms with Crippen molar-refractivity contribution in [1.82, 2.24) is 15.5 Å². The smallest absolute Gasteiger partial charge is 0.318 e. The van der Waals surface area contributed by atoms with E-state index < -0.39 is 6.03 Å². The second kappa shape index (κ2) is 5.46. The Balaban J connectivity index is 1.69. The molecule has 2 atom stereocenters. The number of nitrogens with one attached hydrogen (secondary N) is 2. The van der Waals surface area contributed by atoms with Gasteiger partial charge in [-0.25, -0.2) is 4.79 Å². The third-order valence-corrected chi connectivity index (χ3v) is 3.66. The Bertz CT molecular complexity index is 308. The van der Waals surface area contributed by atoms with Gasteiger partial charge in [-0.1, -0.05) is 0 Å². The van der Waals surface area contributed by atoms with Gasteiger partial charge in [0.25, 0.3) is 0 Å². The van der Waals surface area contributed by atoms with Crippen LogP contribution in [0.25, 0.3) is 0 Å². The van der Waals surface area contributed by atoms with Crippen molar-refractivity contribution >= 4 is 11.9 Å². The van der Waals surface area contributed by atoms with Crippen molar-refractivity contribution in [3.8, 4) is 0 Å². The molecule has 0 aliphatic carbocycles. The molecule has 0 aromatic heterocycles. The highest BCUT2D eigenvalue weighted by Crippen LogP contribution is 2.24. The van der Waals surface area contributed by atoms with Gasteiger partial charge in [0.2, 0.25) is 5.91 Å². The molecule has 96 valence electrons. The fraction of sp³-hybridized carbons (Fsp3) is 0.818. The zero-order valence-corrected chi connectivity index (χ0v) is 9.95. The predicted molar refractivity (Wildman–Crippen MR) is 63.3 cm³/mol. The minimum absolute atomic E-state index is 0.288. The van der Waals surface area contributed by atoms with Crippen LogP contribution in [0.1, 0.15) is 19.3 Å². The van der Waals surface area contributed by atoms with Crippen LogP contribution in [0.15, 0.2) is 0 Å². The van der Waals surface area contributed by atoms with Crippen molar-refractivity contribution < 1.29 is 9.59 Å². The average molecular weight is 240 g/mol. The molecule has 4 N–H and O–H groups in total. The van der Waals surface area contributed by atoms with Gasteiger partial charge >= 0.3 is 6.03 Å². The van der Waals surface area contributed by atoms with Gasteiger partial charge in [-0.05, 0) is 31.8 Å². The first-order chi connectivity index (χ1) is 8.15. The first kappa shape index (κ1) is 12.3. The predicted octanol–water partition coefficient (Wildman–Crippen LogP) is -0.745. The summed E-state index contributed by atoms with van der Waals surface area (Å²) in [5, 5.41) is 5.59. The molecule has 6 nitrogen and oxygen atoms in total. The molecule has 2 unspecified atom stereocenters. The second-order valence-corrected chi connectivity index (χ2v) is 4.86. The van der Waals surface area contributed by atoms with Gasteiger partial charge in [-0.15, -0.1) is 0 Å². The summed E-state index contributed by atoms with van der Waals surface area (Å²) < 4.78 is 0. The number of primary amides is 1. The molecule has 2 aliphatic heterocycles. The first-order valence-corrected chi connectivity index (χ1v) is 6.20. The van der Waals surface area contributed by atoms with Crippen molar-refractivity contribution in [3.05, 3.63) is 0 Å². The van der Waals surface area contributed by atoms with Crippen molar-refractivity contribution in [2.45, 2.75) is 25.3 Å². The molecule has 0 saturated carbocycles. The SMILES string of the molecule is NC(=O)NC(=O)CCN1CCC2NCCC2C1. The molecule has 0 spiro atoms. The molecule has 6 heteroatoms. The lowest BCUT2D eigenvalue weighted by molar-refractivity contribution is -0.120. The highest BCUT2D eigenvalue weighted by atomic mass is 16.2. The number of imide groups is 1. The minimum Gasteiger partial charge on any atom is -0.351 e. The standard InChI is InChI=1S/C11H20N4O2/c12-11(17)14-10(16)3-6-15-5-2-9-8(7-15)1-4-13-9/h8-9,13H,1-7H2,(H3,12,14,16,17). The molecule has 2 aliphatic rings. The number of urea groups is 1. The van der Waals surface area contributed by atoms with Gasteiger partial charge < -0.3 is 16.0 Å². The first-order valence-electron chi connectivity index (χ1n) is 6.20. The molecule has 2 saturated heterocycles. The Morgan fingerprint density at radius 3 is 3.00 bits per heavy atom. The molecule has 2 fully saturated rings. The number of hydrogen-bond acceptors (Lipinski definition) is 4. The number of rotatable bonds is 3. The Labute approximate surface area is 101 Å². The van der Waals surface area contributed by atoms with Crippen LogP contribution in [0.4, 0.5) is 4.79 Å². The van der Waals surface area contributed by atoms with Crippen molar-refractivity contribution in [2.24, 2.45) is 11.7 Å². The number of hydrogen-bond donors (Lipinski definition) is 3. The summed E-state index contributed by atoms with van der Waals surface area (Å²) in [6, 6.07) is -0.0978. The Morgan fingerprint density at radius 1 is 1.41 bits per heavy atom. The molecule has 0 radical (unpaired) electrons. The number of carbonyl (C=O) groups excluding carboxylic acids is 2. The van der Waals surface area contributed by atoms with Crippen LogP contribution in [0.3, 0.4) is 0 Å². The van der Waals surface area contributed by atoms with E-state index in [0.717, 1.165) is 32.0 Å². The third kappa shape index (κ3) is 3.41. The Morgan fingerprint density at radius 2 is 2.24 bits per heavy atom. The summed E-state index contributed by atoms with van der Waals surface area (Å²) in [5.41, 5.74) is 4.88. The van der Waals surface area contributed by atoms with Crippen molar-refractivity contribution in [2.75, 3.05) is 26.2 Å². The summed E-state index contributed by atoms with van der Waals surface area (Å²) >= 11 is 0. The zero-order chi connectivity index (χ0) is 12.3. The number of nitrogens with two attached hydrogens (primary N) is 1. The van der Waals surface area contributed by atoms with E-state index in [2.05, 4.69) is 15.5 Å². The van der Waals surface area contributed by atoms with Gasteiger partial charge in [0.05, 0.1) is 0 Å². The van der Waals surface area contributed by atoms with E-state index in [0.29, 0.717) is 19.0 Å². The minimum atomic E-state index is -0.770. The van der Waals surface area contributed by atoms with Gasteiger partial charge in [-0.2, -0.15) is 0 Å². The Hall–Kier alpha value is -1.14. The summed E-state index contributed by atoms with van der Waals surface area (Å²) in [7, 11) is 0. The van der Waals surface area contributed by atoms with Crippen LogP contribution in [0, 0.1) is 5.92 Å². The summed E-state index contributed by atoms with van der Waals surface area (Å²) in [4.78, 5) is 24.1. The lowest BCUT2D eigenvalue weighted by atomic mass is 9.93. The second-order valence-electron chi connectivity index (χ2n) is 4.86. The quantitative estimate of drug-likeness (QED) is 0.606. The van der Waals surface area contributed by atoms with Crippen LogP contribution in [0.5, 0.6) is 0 Å². The van der Waals surface area contributed by atoms with Crippen molar-refractivity contribution in [1.29, 1.82) is 0 Å². The number of likely N-dealkylation sites (tertiary alicyclic amines) is 1. The highest BCUT2D eigenvalue weighted by Gasteiger charge is 2.32. The lowest BCUT2D eigenvalue weighted by Crippen LogP contribution is -2.45. The van der Waals surface area contributed by atoms with E-state index >= 15 is 0 Å². The maximum absolute atomic E-state index is 11.3. The fourth-order valence-electron chi connectivity index (χ4n) is 2.79. The van der Waals surface area contributed by atoms with Crippen LogP contribution < -0.4 is 16.4 Å². The van der Waals surface area contributed by atoms with E-state index in [1.165, 1.54) is 6.42 Å². The summed E-state index contributed by atoms with van der Waals surface area (Å²) in [6.07, 6.45) is 2.73. The third-order valence-electron chi connectivity index (χ3n) is 3.66. The van der Waals surface area contributed by atoms with Gasteiger partial charge in [-0.3, -0.25) is 10.1 Å². The molecular weight excluding hydrogens is 220 g/mol. The lowest BCUT2D eigenvalue weighted by Gasteiger charge is -2.34. The average Bonchev–Trinajstić information content (AvgIpc) is 2.72. The number of nitrogens with zero attached hydrogens (tertiary/aromatic N) is 1. The van der Waals surface area contributed by atoms with Crippen LogP contribution >= 0.6 is 0 Å². The molecule has 0 aromatic carbocycles. The maximum Gasteiger partial charge on any atom is 0.318 e. The Kier molecular flexibility index (Phi) is 3.96. The van der Waals surface area contributed by atoms with Crippen molar-refractivity contribution in [3.63, 3.8) is 0 Å². The number of fused-ring (bicyclic) bond motifs is 1. The summed E-state index contributed by atoms with van der Waals surface area (Å²) in [5.74, 6) is 0.437. The van der Waals surface area contributed by atoms with E-state index in [9.17, 15) is 9.59 Å². The van der Waals surface area contributed by atoms with E-state index in [1.807, 2.05) is 0 Å². The van der Waals surface area contributed by atoms with Crippen LogP contribution in [-0.4, -0.2) is 49.1 Å². The van der Waals surface area contributed by atoms with Crippen LogP contribution in [-0.2, 0) is 4.79 Å². The molecule has 0 aromatic rings. The largest absolute Gasteiger partial charge is 0.351 e. The molecule has 17 heavy (non-hydrogen) atoms. The van der Waals surface area contributed by atoms with E-state index in [-0.39, 0.29) is 5.91 Å². The zero-order valence-electron chi connectivity index (χ0n) is 9.95. The molecule has 3 amide bonds. The van der Waals surface area contributed by atoms with Gasteiger partial charge in [0, 0.05) is 25.6 Å². The summed E-state index contributed by atoms with van der Waals surface area (Å²) in [6.45, 7) is 3.91. The molecule has 2 rings (SSSR count).